The van der Waals surface area contributed by atoms with Gasteiger partial charge in [0.05, 0.1) is 17.1 Å². The van der Waals surface area contributed by atoms with E-state index in [0.29, 0.717) is 0 Å². The minimum Gasteiger partial charge on any atom is -0.456 e. The average Bonchev–Trinajstić information content (AvgIpc) is 3.51. The maximum Gasteiger partial charge on any atom is 0.135 e. The van der Waals surface area contributed by atoms with Crippen molar-refractivity contribution in [3.8, 4) is 11.1 Å². The molecule has 0 saturated carbocycles. The summed E-state index contributed by atoms with van der Waals surface area (Å²) in [5.41, 5.74) is 11.1. The predicted octanol–water partition coefficient (Wildman–Crippen LogP) is 12.8. The number of para-hydroxylation sites is 2. The zero-order valence-corrected chi connectivity index (χ0v) is 25.5. The Kier molecular flexibility index (Phi) is 5.57. The van der Waals surface area contributed by atoms with Crippen molar-refractivity contribution in [3.05, 3.63) is 170 Å². The lowest BCUT2D eigenvalue weighted by atomic mass is 9.91. The normalized spacial score (nSPS) is 12.2. The van der Waals surface area contributed by atoms with Crippen LogP contribution in [0.15, 0.2) is 174 Å². The first-order chi connectivity index (χ1) is 23.3. The Bertz CT molecular complexity index is 2640. The molecule has 47 heavy (non-hydrogen) atoms. The van der Waals surface area contributed by atoms with Crippen molar-refractivity contribution in [1.29, 1.82) is 0 Å². The second-order valence-corrected chi connectivity index (χ2v) is 12.2. The van der Waals surface area contributed by atoms with Crippen molar-refractivity contribution in [2.75, 3.05) is 9.80 Å². The molecule has 8 aromatic carbocycles. The first-order valence-electron chi connectivity index (χ1n) is 16.0. The van der Waals surface area contributed by atoms with E-state index in [1.165, 1.54) is 44.0 Å². The number of anilines is 6. The Labute approximate surface area is 272 Å². The molecule has 0 fully saturated rings. The van der Waals surface area contributed by atoms with Gasteiger partial charge in [-0.05, 0) is 83.1 Å². The number of furan rings is 1. The number of hydrogen-bond donors (Lipinski definition) is 0. The van der Waals surface area contributed by atoms with E-state index >= 15 is 0 Å². The lowest BCUT2D eigenvalue weighted by molar-refractivity contribution is 0.669. The highest BCUT2D eigenvalue weighted by molar-refractivity contribution is 6.14. The molecule has 0 radical (unpaired) electrons. The molecule has 220 valence electrons. The summed E-state index contributed by atoms with van der Waals surface area (Å²) in [6, 6.07) is 60.9. The molecule has 0 bridgehead atoms. The Morgan fingerprint density at radius 1 is 0.426 bits per heavy atom. The largest absolute Gasteiger partial charge is 0.456 e. The van der Waals surface area contributed by atoms with Crippen LogP contribution in [-0.4, -0.2) is 0 Å². The highest BCUT2D eigenvalue weighted by Crippen LogP contribution is 2.51. The topological polar surface area (TPSA) is 19.6 Å². The number of rotatable bonds is 4. The minimum atomic E-state index is 0.890. The van der Waals surface area contributed by atoms with E-state index in [-0.39, 0.29) is 0 Å². The van der Waals surface area contributed by atoms with Gasteiger partial charge in [0, 0.05) is 44.2 Å². The summed E-state index contributed by atoms with van der Waals surface area (Å²) in [4.78, 5) is 4.77. The summed E-state index contributed by atoms with van der Waals surface area (Å²) in [5.74, 6) is 0. The fraction of sp³-hybridized carbons (Fsp3) is 0. The van der Waals surface area contributed by atoms with Gasteiger partial charge < -0.3 is 14.2 Å². The van der Waals surface area contributed by atoms with Gasteiger partial charge in [-0.1, -0.05) is 103 Å². The summed E-state index contributed by atoms with van der Waals surface area (Å²) >= 11 is 0. The van der Waals surface area contributed by atoms with Gasteiger partial charge in [-0.3, -0.25) is 0 Å². The van der Waals surface area contributed by atoms with Gasteiger partial charge >= 0.3 is 0 Å². The quantitative estimate of drug-likeness (QED) is 0.200. The van der Waals surface area contributed by atoms with Crippen LogP contribution < -0.4 is 9.80 Å². The molecular formula is C44H28N2O. The second kappa shape index (κ2) is 10.1. The maximum absolute atomic E-state index is 6.21. The van der Waals surface area contributed by atoms with Crippen molar-refractivity contribution in [2.24, 2.45) is 0 Å². The summed E-state index contributed by atoms with van der Waals surface area (Å²) in [6.07, 6.45) is 0. The van der Waals surface area contributed by atoms with Crippen LogP contribution in [0.2, 0.25) is 0 Å². The molecule has 0 amide bonds. The van der Waals surface area contributed by atoms with E-state index in [4.69, 9.17) is 4.42 Å². The second-order valence-electron chi connectivity index (χ2n) is 12.2. The highest BCUT2D eigenvalue weighted by Gasteiger charge is 2.26. The first-order valence-corrected chi connectivity index (χ1v) is 16.0. The van der Waals surface area contributed by atoms with Crippen LogP contribution in [0.25, 0.3) is 54.6 Å². The third kappa shape index (κ3) is 3.93. The highest BCUT2D eigenvalue weighted by atomic mass is 16.3. The van der Waals surface area contributed by atoms with Crippen LogP contribution in [0.5, 0.6) is 0 Å². The first kappa shape index (κ1) is 26.0. The Balaban J connectivity index is 1.16. The summed E-state index contributed by atoms with van der Waals surface area (Å²) in [6.45, 7) is 0. The summed E-state index contributed by atoms with van der Waals surface area (Å²) < 4.78 is 6.21. The van der Waals surface area contributed by atoms with Gasteiger partial charge in [0.25, 0.3) is 0 Å². The molecule has 10 rings (SSSR count). The molecule has 0 spiro atoms. The van der Waals surface area contributed by atoms with Crippen molar-refractivity contribution in [2.45, 2.75) is 0 Å². The molecular weight excluding hydrogens is 572 g/mol. The Hall–Kier alpha value is -6.32. The van der Waals surface area contributed by atoms with E-state index in [9.17, 15) is 0 Å². The molecule has 0 unspecified atom stereocenters. The standard InChI is InChI=1S/C44H28N2O/c1-2-14-34-29(10-1)11-8-19-39(34)45(33-26-27-43-38(28-33)36-16-4-6-21-42(36)47-43)31-22-24-32(25-23-31)46-40-18-5-3-15-35(40)37-17-7-12-30-13-9-20-41(46)44(30)37/h1-28H. The number of fused-ring (bicyclic) bond motifs is 6. The molecule has 0 aliphatic carbocycles. The van der Waals surface area contributed by atoms with Crippen molar-refractivity contribution in [1.82, 2.24) is 0 Å². The van der Waals surface area contributed by atoms with Crippen LogP contribution in [0.3, 0.4) is 0 Å². The third-order valence-electron chi connectivity index (χ3n) is 9.55. The Morgan fingerprint density at radius 3 is 1.98 bits per heavy atom. The molecule has 1 aliphatic heterocycles. The van der Waals surface area contributed by atoms with Crippen molar-refractivity contribution >= 4 is 77.6 Å². The third-order valence-corrected chi connectivity index (χ3v) is 9.55. The fourth-order valence-corrected chi connectivity index (χ4v) is 7.47. The van der Waals surface area contributed by atoms with Crippen LogP contribution in [0, 0.1) is 0 Å². The van der Waals surface area contributed by atoms with Gasteiger partial charge in [0.15, 0.2) is 0 Å². The maximum atomic E-state index is 6.21. The molecule has 0 atom stereocenters. The summed E-state index contributed by atoms with van der Waals surface area (Å²) in [5, 5.41) is 7.17. The summed E-state index contributed by atoms with van der Waals surface area (Å²) in [7, 11) is 0. The molecule has 2 heterocycles. The Morgan fingerprint density at radius 2 is 1.06 bits per heavy atom. The number of benzene rings is 8. The fourth-order valence-electron chi connectivity index (χ4n) is 7.47. The van der Waals surface area contributed by atoms with E-state index < -0.39 is 0 Å². The molecule has 1 aromatic heterocycles. The van der Waals surface area contributed by atoms with Gasteiger partial charge in [-0.2, -0.15) is 0 Å². The monoisotopic (exact) mass is 600 g/mol. The predicted molar refractivity (Wildman–Crippen MR) is 197 cm³/mol. The van der Waals surface area contributed by atoms with Gasteiger partial charge in [-0.25, -0.2) is 0 Å². The van der Waals surface area contributed by atoms with Gasteiger partial charge in [0.2, 0.25) is 0 Å². The lowest BCUT2D eigenvalue weighted by Crippen LogP contribution is -2.15. The van der Waals surface area contributed by atoms with Crippen molar-refractivity contribution < 1.29 is 4.42 Å². The SMILES string of the molecule is c1ccc2c(c1)-c1cccc3cccc(c13)N2c1ccc(N(c2ccc3oc4ccccc4c3c2)c2cccc3ccccc23)cc1. The van der Waals surface area contributed by atoms with Crippen LogP contribution in [-0.2, 0) is 0 Å². The number of hydrogen-bond acceptors (Lipinski definition) is 3. The molecule has 1 aliphatic rings. The average molecular weight is 601 g/mol. The minimum absolute atomic E-state index is 0.890. The van der Waals surface area contributed by atoms with Crippen molar-refractivity contribution in [3.63, 3.8) is 0 Å². The van der Waals surface area contributed by atoms with Crippen LogP contribution in [0.4, 0.5) is 34.1 Å². The molecule has 3 nitrogen and oxygen atoms in total. The zero-order chi connectivity index (χ0) is 30.9. The zero-order valence-electron chi connectivity index (χ0n) is 25.5. The molecule has 3 heteroatoms. The molecule has 0 N–H and O–H groups in total. The molecule has 0 saturated heterocycles. The van der Waals surface area contributed by atoms with Gasteiger partial charge in [0.1, 0.15) is 11.2 Å². The van der Waals surface area contributed by atoms with E-state index in [2.05, 4.69) is 168 Å². The van der Waals surface area contributed by atoms with E-state index in [0.717, 1.165) is 44.7 Å². The molecule has 9 aromatic rings. The number of nitrogens with zero attached hydrogens (tertiary/aromatic N) is 2. The van der Waals surface area contributed by atoms with Crippen LogP contribution >= 0.6 is 0 Å². The van der Waals surface area contributed by atoms with E-state index in [1.54, 1.807) is 0 Å². The lowest BCUT2D eigenvalue weighted by Gasteiger charge is -2.34. The van der Waals surface area contributed by atoms with Crippen LogP contribution in [0.1, 0.15) is 0 Å². The van der Waals surface area contributed by atoms with Gasteiger partial charge in [-0.15, -0.1) is 0 Å². The van der Waals surface area contributed by atoms with E-state index in [1.807, 2.05) is 12.1 Å². The smallest absolute Gasteiger partial charge is 0.135 e.